The van der Waals surface area contributed by atoms with Gasteiger partial charge in [0.15, 0.2) is 17.5 Å². The molecule has 3 aliphatic heterocycles. The lowest BCUT2D eigenvalue weighted by Crippen LogP contribution is -2.66. The number of rotatable bonds is 7. The number of piperidine rings is 3. The minimum atomic E-state index is -0.495. The van der Waals surface area contributed by atoms with E-state index in [0.717, 1.165) is 84.2 Å². The maximum atomic E-state index is 13.9. The number of esters is 1. The highest BCUT2D eigenvalue weighted by Crippen LogP contribution is 2.43. The highest BCUT2D eigenvalue weighted by Gasteiger charge is 2.51. The van der Waals surface area contributed by atoms with E-state index in [-0.39, 0.29) is 24.3 Å². The van der Waals surface area contributed by atoms with Gasteiger partial charge < -0.3 is 13.7 Å². The number of Topliss-reactive ketones (excluding diaryl/α,β-unsaturated/α-hetero) is 1. The van der Waals surface area contributed by atoms with Gasteiger partial charge in [0.25, 0.3) is 0 Å². The number of hydrogen-bond acceptors (Lipinski definition) is 6. The normalized spacial score (nSPS) is 27.6. The number of ketones is 1. The summed E-state index contributed by atoms with van der Waals surface area (Å²) in [5, 5.41) is 7.15. The molecule has 4 aliphatic rings. The summed E-state index contributed by atoms with van der Waals surface area (Å²) in [7, 11) is 0. The van der Waals surface area contributed by atoms with Crippen LogP contribution in [0, 0.1) is 5.92 Å². The molecule has 2 aromatic heterocycles. The van der Waals surface area contributed by atoms with E-state index in [9.17, 15) is 9.59 Å². The average molecular weight is 508 g/mol. The Kier molecular flexibility index (Phi) is 6.46. The van der Waals surface area contributed by atoms with E-state index < -0.39 is 5.41 Å². The van der Waals surface area contributed by atoms with Gasteiger partial charge in [-0.25, -0.2) is 0 Å². The van der Waals surface area contributed by atoms with Gasteiger partial charge in [0.2, 0.25) is 0 Å². The Labute approximate surface area is 216 Å². The van der Waals surface area contributed by atoms with Crippen molar-refractivity contribution in [2.24, 2.45) is 5.92 Å². The Morgan fingerprint density at radius 1 is 1.06 bits per heavy atom. The van der Waals surface area contributed by atoms with Gasteiger partial charge in [-0.05, 0) is 36.4 Å². The highest BCUT2D eigenvalue weighted by molar-refractivity contribution is 7.10. The van der Waals surface area contributed by atoms with E-state index >= 15 is 0 Å². The zero-order valence-electron chi connectivity index (χ0n) is 20.8. The van der Waals surface area contributed by atoms with E-state index in [1.54, 1.807) is 11.3 Å². The van der Waals surface area contributed by atoms with Crippen LogP contribution in [0.2, 0.25) is 0 Å². The number of para-hydroxylation sites is 1. The van der Waals surface area contributed by atoms with Crippen molar-refractivity contribution in [3.8, 4) is 0 Å². The number of carbonyl (C=O) groups excluding carboxylic acids is 2. The van der Waals surface area contributed by atoms with Gasteiger partial charge in [0.1, 0.15) is 18.5 Å². The minimum absolute atomic E-state index is 0.0239. The first kappa shape index (κ1) is 23.9. The fourth-order valence-electron chi connectivity index (χ4n) is 6.94. The van der Waals surface area contributed by atoms with Gasteiger partial charge in [-0.3, -0.25) is 9.59 Å². The molecule has 1 aromatic carbocycles. The van der Waals surface area contributed by atoms with E-state index in [4.69, 9.17) is 9.26 Å². The molecule has 3 aromatic rings. The number of quaternary nitrogens is 1. The Bertz CT molecular complexity index is 1220. The Balaban J connectivity index is 1.16. The Hall–Kier alpha value is -2.51. The number of benzene rings is 1. The number of aromatic nitrogens is 1. The molecule has 4 fully saturated rings. The monoisotopic (exact) mass is 507 g/mol. The third-order valence-corrected chi connectivity index (χ3v) is 10.0. The molecule has 5 heterocycles. The molecule has 7 heteroatoms. The highest BCUT2D eigenvalue weighted by atomic mass is 32.1. The van der Waals surface area contributed by atoms with Crippen molar-refractivity contribution < 1.29 is 23.3 Å². The van der Waals surface area contributed by atoms with Crippen molar-refractivity contribution in [1.82, 2.24) is 5.16 Å². The van der Waals surface area contributed by atoms with Crippen molar-refractivity contribution in [3.63, 3.8) is 0 Å². The second-order valence-electron chi connectivity index (χ2n) is 11.2. The van der Waals surface area contributed by atoms with Gasteiger partial charge in [-0.15, -0.1) is 11.3 Å². The average Bonchev–Trinajstić information content (AvgIpc) is 3.50. The molecule has 2 bridgehead atoms. The maximum Gasteiger partial charge on any atom is 0.317 e. The topological polar surface area (TPSA) is 69.4 Å². The molecular formula is C29H35N2O4S+. The van der Waals surface area contributed by atoms with Crippen LogP contribution >= 0.6 is 11.3 Å². The van der Waals surface area contributed by atoms with Gasteiger partial charge in [0, 0.05) is 29.0 Å². The summed E-state index contributed by atoms with van der Waals surface area (Å²) < 4.78 is 12.6. The van der Waals surface area contributed by atoms with E-state index in [1.807, 2.05) is 24.3 Å². The van der Waals surface area contributed by atoms with Crippen LogP contribution in [0.3, 0.4) is 0 Å². The SMILES string of the molecule is O=C(Cc1noc2ccccc12)C[N+]12CCC(CC1)[C@@H](OC(=O)C1(c3cccs3)CCCCCC1)C2. The first-order chi connectivity index (χ1) is 17.6. The van der Waals surface area contributed by atoms with Crippen molar-refractivity contribution in [1.29, 1.82) is 0 Å². The molecule has 3 saturated heterocycles. The molecule has 1 saturated carbocycles. The van der Waals surface area contributed by atoms with Crippen molar-refractivity contribution in [3.05, 3.63) is 52.3 Å². The number of nitrogens with zero attached hydrogens (tertiary/aromatic N) is 2. The van der Waals surface area contributed by atoms with Crippen molar-refractivity contribution in [2.75, 3.05) is 26.2 Å². The predicted molar refractivity (Wildman–Crippen MR) is 139 cm³/mol. The summed E-state index contributed by atoms with van der Waals surface area (Å²) in [4.78, 5) is 28.3. The van der Waals surface area contributed by atoms with E-state index in [1.165, 1.54) is 12.8 Å². The fraction of sp³-hybridized carbons (Fsp3) is 0.552. The minimum Gasteiger partial charge on any atom is -0.455 e. The Morgan fingerprint density at radius 3 is 2.58 bits per heavy atom. The van der Waals surface area contributed by atoms with Crippen LogP contribution in [0.1, 0.15) is 61.9 Å². The summed E-state index contributed by atoms with van der Waals surface area (Å²) in [6.07, 6.45) is 8.52. The first-order valence-electron chi connectivity index (χ1n) is 13.5. The largest absolute Gasteiger partial charge is 0.455 e. The van der Waals surface area contributed by atoms with Crippen LogP contribution < -0.4 is 0 Å². The lowest BCUT2D eigenvalue weighted by atomic mass is 9.78. The summed E-state index contributed by atoms with van der Waals surface area (Å²) >= 11 is 1.69. The number of hydrogen-bond donors (Lipinski definition) is 0. The number of fused-ring (bicyclic) bond motifs is 4. The third-order valence-electron chi connectivity index (χ3n) is 8.97. The number of ether oxygens (including phenoxy) is 1. The first-order valence-corrected chi connectivity index (χ1v) is 14.4. The lowest BCUT2D eigenvalue weighted by molar-refractivity contribution is -0.939. The smallest absolute Gasteiger partial charge is 0.317 e. The van der Waals surface area contributed by atoms with Crippen LogP contribution in [0.25, 0.3) is 11.0 Å². The second-order valence-corrected chi connectivity index (χ2v) is 12.2. The number of carbonyl (C=O) groups is 2. The molecule has 6 nitrogen and oxygen atoms in total. The van der Waals surface area contributed by atoms with Crippen LogP contribution in [0.4, 0.5) is 0 Å². The van der Waals surface area contributed by atoms with Gasteiger partial charge in [-0.1, -0.05) is 49.0 Å². The van der Waals surface area contributed by atoms with Crippen LogP contribution in [-0.4, -0.2) is 53.7 Å². The Morgan fingerprint density at radius 2 is 1.83 bits per heavy atom. The van der Waals surface area contributed by atoms with E-state index in [2.05, 4.69) is 22.7 Å². The fourth-order valence-corrected chi connectivity index (χ4v) is 7.92. The standard InChI is InChI=1S/C29H35N2O4S/c32-22(18-24-23-8-3-4-9-25(23)35-30-24)19-31-15-11-21(12-16-31)26(20-31)34-28(33)29(27-10-7-17-36-27)13-5-1-2-6-14-29/h3-4,7-10,17,21,26H,1-2,5-6,11-16,18-20H2/q+1/t21?,26-,31?/m0/s1. The molecule has 0 unspecified atom stereocenters. The molecule has 7 rings (SSSR count). The molecule has 36 heavy (non-hydrogen) atoms. The molecule has 0 radical (unpaired) electrons. The van der Waals surface area contributed by atoms with Gasteiger partial charge in [-0.2, -0.15) is 0 Å². The lowest BCUT2D eigenvalue weighted by Gasteiger charge is -2.52. The van der Waals surface area contributed by atoms with E-state index in [0.29, 0.717) is 12.5 Å². The molecule has 190 valence electrons. The van der Waals surface area contributed by atoms with Crippen molar-refractivity contribution in [2.45, 2.75) is 69.3 Å². The summed E-state index contributed by atoms with van der Waals surface area (Å²) in [6.45, 7) is 3.19. The van der Waals surface area contributed by atoms with Crippen LogP contribution in [0.15, 0.2) is 46.3 Å². The van der Waals surface area contributed by atoms with Crippen molar-refractivity contribution >= 4 is 34.1 Å². The molecule has 0 N–H and O–H groups in total. The van der Waals surface area contributed by atoms with Crippen LogP contribution in [-0.2, 0) is 26.2 Å². The van der Waals surface area contributed by atoms with Gasteiger partial charge >= 0.3 is 5.97 Å². The molecule has 1 atom stereocenters. The summed E-state index contributed by atoms with van der Waals surface area (Å²) in [6, 6.07) is 11.9. The van der Waals surface area contributed by atoms with Crippen LogP contribution in [0.5, 0.6) is 0 Å². The molecular weight excluding hydrogens is 472 g/mol. The summed E-state index contributed by atoms with van der Waals surface area (Å²) in [5.41, 5.74) is 0.942. The quantitative estimate of drug-likeness (QED) is 0.242. The summed E-state index contributed by atoms with van der Waals surface area (Å²) in [5.74, 6) is 0.567. The molecule has 0 amide bonds. The molecule has 1 aliphatic carbocycles. The zero-order chi connectivity index (χ0) is 24.6. The third kappa shape index (κ3) is 4.41. The maximum absolute atomic E-state index is 13.9. The second kappa shape index (κ2) is 9.75. The number of thiophene rings is 1. The predicted octanol–water partition coefficient (Wildman–Crippen LogP) is 5.45. The van der Waals surface area contributed by atoms with Gasteiger partial charge in [0.05, 0.1) is 25.2 Å². The molecule has 0 spiro atoms. The zero-order valence-corrected chi connectivity index (χ0v) is 21.6.